The fourth-order valence-electron chi connectivity index (χ4n) is 3.32. The summed E-state index contributed by atoms with van der Waals surface area (Å²) in [5, 5.41) is 15.2. The van der Waals surface area contributed by atoms with Gasteiger partial charge in [0.25, 0.3) is 5.89 Å². The third kappa shape index (κ3) is 2.88. The highest BCUT2D eigenvalue weighted by Gasteiger charge is 2.19. The molecule has 0 amide bonds. The number of fused-ring (bicyclic) bond motifs is 2. The molecule has 8 nitrogen and oxygen atoms in total. The van der Waals surface area contributed by atoms with Crippen molar-refractivity contribution in [2.75, 3.05) is 0 Å². The molecule has 0 aliphatic rings. The number of halogens is 1. The molecule has 0 aliphatic heterocycles. The van der Waals surface area contributed by atoms with Gasteiger partial charge in [-0.05, 0) is 24.3 Å². The monoisotopic (exact) mass is 437 g/mol. The summed E-state index contributed by atoms with van der Waals surface area (Å²) >= 11 is 3.53. The second-order valence-electron chi connectivity index (χ2n) is 6.38. The lowest BCUT2D eigenvalue weighted by atomic mass is 10.2. The van der Waals surface area contributed by atoms with Crippen LogP contribution in [0.1, 0.15) is 5.82 Å². The van der Waals surface area contributed by atoms with Gasteiger partial charge in [0, 0.05) is 15.2 Å². The van der Waals surface area contributed by atoms with Gasteiger partial charge in [0.15, 0.2) is 5.82 Å². The molecule has 0 saturated carbocycles. The van der Waals surface area contributed by atoms with Gasteiger partial charge >= 0.3 is 0 Å². The maximum Gasteiger partial charge on any atom is 0.276 e. The summed E-state index contributed by atoms with van der Waals surface area (Å²) in [6.45, 7) is 1.49. The largest absolute Gasteiger partial charge is 0.332 e. The number of nitrogens with zero attached hydrogens (tertiary/aromatic N) is 6. The molecule has 140 valence electrons. The highest BCUT2D eigenvalue weighted by atomic mass is 79.9. The fraction of sp³-hybridized carbons (Fsp3) is 0.158. The SMILES string of the molecule is NCc1noc(-c2c3cc(Br)ccc3nn2CCn2ncc3ccccc32)n1. The summed E-state index contributed by atoms with van der Waals surface area (Å²) < 4.78 is 10.3. The number of nitrogens with two attached hydrogens (primary N) is 1. The summed E-state index contributed by atoms with van der Waals surface area (Å²) in [6.07, 6.45) is 1.87. The third-order valence-corrected chi connectivity index (χ3v) is 5.12. The van der Waals surface area contributed by atoms with E-state index in [1.165, 1.54) is 0 Å². The molecule has 9 heteroatoms. The maximum atomic E-state index is 5.64. The zero-order valence-corrected chi connectivity index (χ0v) is 16.4. The van der Waals surface area contributed by atoms with Gasteiger partial charge in [0.05, 0.1) is 36.9 Å². The van der Waals surface area contributed by atoms with Crippen LogP contribution >= 0.6 is 15.9 Å². The Kier molecular flexibility index (Phi) is 4.18. The number of aryl methyl sites for hydroxylation is 2. The molecule has 0 spiro atoms. The molecule has 3 heterocycles. The molecule has 0 aliphatic carbocycles. The Bertz CT molecular complexity index is 1290. The summed E-state index contributed by atoms with van der Waals surface area (Å²) in [7, 11) is 0. The normalized spacial score (nSPS) is 11.6. The number of rotatable bonds is 5. The zero-order valence-electron chi connectivity index (χ0n) is 14.8. The quantitative estimate of drug-likeness (QED) is 0.452. The molecule has 3 aromatic heterocycles. The molecule has 0 saturated heterocycles. The van der Waals surface area contributed by atoms with Gasteiger partial charge in [-0.25, -0.2) is 0 Å². The van der Waals surface area contributed by atoms with Gasteiger partial charge in [-0.1, -0.05) is 39.3 Å². The molecular formula is C19H16BrN7O. The lowest BCUT2D eigenvalue weighted by Crippen LogP contribution is -2.11. The van der Waals surface area contributed by atoms with Crippen molar-refractivity contribution in [1.82, 2.24) is 29.7 Å². The molecule has 0 fully saturated rings. The average molecular weight is 438 g/mol. The lowest BCUT2D eigenvalue weighted by Gasteiger charge is -2.06. The molecule has 0 radical (unpaired) electrons. The summed E-state index contributed by atoms with van der Waals surface area (Å²) in [4.78, 5) is 4.41. The van der Waals surface area contributed by atoms with Gasteiger partial charge in [0.2, 0.25) is 0 Å². The van der Waals surface area contributed by atoms with Crippen molar-refractivity contribution >= 4 is 37.7 Å². The molecule has 5 aromatic rings. The molecule has 0 bridgehead atoms. The van der Waals surface area contributed by atoms with E-state index >= 15 is 0 Å². The molecular weight excluding hydrogens is 422 g/mol. The predicted octanol–water partition coefficient (Wildman–Crippen LogP) is 3.36. The minimum absolute atomic E-state index is 0.221. The predicted molar refractivity (Wildman–Crippen MR) is 108 cm³/mol. The van der Waals surface area contributed by atoms with Crippen LogP contribution in [0.25, 0.3) is 33.4 Å². The van der Waals surface area contributed by atoms with Crippen molar-refractivity contribution in [1.29, 1.82) is 0 Å². The van der Waals surface area contributed by atoms with Crippen LogP contribution in [0.4, 0.5) is 0 Å². The van der Waals surface area contributed by atoms with Crippen molar-refractivity contribution in [3.8, 4) is 11.6 Å². The van der Waals surface area contributed by atoms with E-state index in [1.54, 1.807) is 0 Å². The van der Waals surface area contributed by atoms with Crippen LogP contribution in [0, 0.1) is 0 Å². The lowest BCUT2D eigenvalue weighted by molar-refractivity contribution is 0.416. The van der Waals surface area contributed by atoms with Crippen LogP contribution in [0.3, 0.4) is 0 Å². The Morgan fingerprint density at radius 2 is 1.93 bits per heavy atom. The molecule has 28 heavy (non-hydrogen) atoms. The standard InChI is InChI=1S/C19H16BrN7O/c20-13-5-6-15-14(9-13)18(19-23-17(10-21)25-28-19)27(24-15)8-7-26-16-4-2-1-3-12(16)11-22-26/h1-6,9,11H,7-8,10,21H2. The highest BCUT2D eigenvalue weighted by molar-refractivity contribution is 9.10. The Labute approximate surface area is 168 Å². The van der Waals surface area contributed by atoms with Crippen molar-refractivity contribution in [3.63, 3.8) is 0 Å². The summed E-state index contributed by atoms with van der Waals surface area (Å²) in [5.41, 5.74) is 8.37. The number of aromatic nitrogens is 6. The van der Waals surface area contributed by atoms with Crippen LogP contribution in [-0.4, -0.2) is 29.7 Å². The molecule has 0 atom stereocenters. The Morgan fingerprint density at radius 3 is 2.79 bits per heavy atom. The average Bonchev–Trinajstić information content (AvgIpc) is 3.42. The van der Waals surface area contributed by atoms with Gasteiger partial charge in [-0.15, -0.1) is 0 Å². The highest BCUT2D eigenvalue weighted by Crippen LogP contribution is 2.30. The first-order chi connectivity index (χ1) is 13.7. The van der Waals surface area contributed by atoms with E-state index in [9.17, 15) is 0 Å². The minimum atomic E-state index is 0.221. The Hall–Kier alpha value is -3.04. The number of para-hydroxylation sites is 1. The van der Waals surface area contributed by atoms with Crippen LogP contribution in [-0.2, 0) is 19.6 Å². The topological polar surface area (TPSA) is 101 Å². The first kappa shape index (κ1) is 17.1. The summed E-state index contributed by atoms with van der Waals surface area (Å²) in [6, 6.07) is 14.1. The molecule has 2 aromatic carbocycles. The smallest absolute Gasteiger partial charge is 0.276 e. The van der Waals surface area contributed by atoms with Gasteiger partial charge in [-0.3, -0.25) is 9.36 Å². The van der Waals surface area contributed by atoms with E-state index in [2.05, 4.69) is 43.3 Å². The number of hydrogen-bond donors (Lipinski definition) is 1. The van der Waals surface area contributed by atoms with Crippen molar-refractivity contribution in [2.45, 2.75) is 19.6 Å². The minimum Gasteiger partial charge on any atom is -0.332 e. The number of hydrogen-bond acceptors (Lipinski definition) is 6. The van der Waals surface area contributed by atoms with E-state index in [4.69, 9.17) is 15.4 Å². The van der Waals surface area contributed by atoms with E-state index in [-0.39, 0.29) is 6.54 Å². The van der Waals surface area contributed by atoms with Crippen LogP contribution in [0.15, 0.2) is 57.7 Å². The van der Waals surface area contributed by atoms with Crippen molar-refractivity contribution < 1.29 is 4.52 Å². The van der Waals surface area contributed by atoms with Gasteiger partial charge < -0.3 is 10.3 Å². The van der Waals surface area contributed by atoms with E-state index < -0.39 is 0 Å². The first-order valence-corrected chi connectivity index (χ1v) is 9.62. The first-order valence-electron chi connectivity index (χ1n) is 8.82. The molecule has 5 rings (SSSR count). The van der Waals surface area contributed by atoms with Crippen LogP contribution in [0.5, 0.6) is 0 Å². The fourth-order valence-corrected chi connectivity index (χ4v) is 3.68. The second-order valence-corrected chi connectivity index (χ2v) is 7.30. The second kappa shape index (κ2) is 6.84. The van der Waals surface area contributed by atoms with Crippen LogP contribution < -0.4 is 5.73 Å². The van der Waals surface area contributed by atoms with E-state index in [0.717, 1.165) is 32.0 Å². The zero-order chi connectivity index (χ0) is 19.1. The molecule has 0 unspecified atom stereocenters. The van der Waals surface area contributed by atoms with Gasteiger partial charge in [0.1, 0.15) is 5.69 Å². The Morgan fingerprint density at radius 1 is 1.07 bits per heavy atom. The van der Waals surface area contributed by atoms with Crippen molar-refractivity contribution in [2.24, 2.45) is 5.73 Å². The van der Waals surface area contributed by atoms with Crippen molar-refractivity contribution in [3.05, 3.63) is 59.0 Å². The van der Waals surface area contributed by atoms with E-state index in [1.807, 2.05) is 45.9 Å². The molecule has 2 N–H and O–H groups in total. The van der Waals surface area contributed by atoms with Crippen LogP contribution in [0.2, 0.25) is 0 Å². The third-order valence-electron chi connectivity index (χ3n) is 4.63. The maximum absolute atomic E-state index is 5.64. The number of benzene rings is 2. The van der Waals surface area contributed by atoms with Gasteiger partial charge in [-0.2, -0.15) is 15.2 Å². The van der Waals surface area contributed by atoms with E-state index in [0.29, 0.717) is 24.8 Å². The summed E-state index contributed by atoms with van der Waals surface area (Å²) in [5.74, 6) is 0.871. The Balaban J connectivity index is 1.57.